The van der Waals surface area contributed by atoms with Crippen LogP contribution in [0, 0.1) is 5.82 Å². The van der Waals surface area contributed by atoms with Gasteiger partial charge in [0.1, 0.15) is 5.82 Å². The fourth-order valence-corrected chi connectivity index (χ4v) is 2.05. The Kier molecular flexibility index (Phi) is 2.51. The van der Waals surface area contributed by atoms with Gasteiger partial charge in [0.25, 0.3) is 5.91 Å². The largest absolute Gasteiger partial charge is 0.365 e. The number of primary amides is 1. The monoisotopic (exact) mass is 221 g/mol. The van der Waals surface area contributed by atoms with Gasteiger partial charge in [0, 0.05) is 0 Å². The van der Waals surface area contributed by atoms with Crippen molar-refractivity contribution in [1.82, 2.24) is 0 Å². The first-order chi connectivity index (χ1) is 7.16. The van der Waals surface area contributed by atoms with Crippen molar-refractivity contribution >= 4 is 17.2 Å². The minimum absolute atomic E-state index is 0.292. The predicted octanol–water partition coefficient (Wildman–Crippen LogP) is 2.65. The van der Waals surface area contributed by atoms with E-state index in [-0.39, 0.29) is 5.82 Å². The molecule has 0 fully saturated rings. The Morgan fingerprint density at radius 2 is 2.07 bits per heavy atom. The van der Waals surface area contributed by atoms with E-state index in [9.17, 15) is 9.18 Å². The van der Waals surface area contributed by atoms with Crippen molar-refractivity contribution in [2.24, 2.45) is 5.73 Å². The lowest BCUT2D eigenvalue weighted by atomic mass is 10.1. The van der Waals surface area contributed by atoms with Crippen LogP contribution in [-0.2, 0) is 0 Å². The molecule has 1 amide bonds. The second-order valence-electron chi connectivity index (χ2n) is 3.07. The summed E-state index contributed by atoms with van der Waals surface area (Å²) >= 11 is 1.26. The van der Waals surface area contributed by atoms with Crippen molar-refractivity contribution < 1.29 is 9.18 Å². The molecule has 0 aliphatic rings. The lowest BCUT2D eigenvalue weighted by Gasteiger charge is -1.96. The molecular formula is C11H8FNOS. The van der Waals surface area contributed by atoms with E-state index >= 15 is 0 Å². The van der Waals surface area contributed by atoms with Crippen LogP contribution >= 0.6 is 11.3 Å². The van der Waals surface area contributed by atoms with Gasteiger partial charge < -0.3 is 5.73 Å². The number of nitrogens with two attached hydrogens (primary N) is 1. The summed E-state index contributed by atoms with van der Waals surface area (Å²) in [5.74, 6) is -0.748. The van der Waals surface area contributed by atoms with E-state index < -0.39 is 5.91 Å². The number of hydrogen-bond donors (Lipinski definition) is 1. The number of hydrogen-bond acceptors (Lipinski definition) is 2. The van der Waals surface area contributed by atoms with Gasteiger partial charge in [-0.3, -0.25) is 4.79 Å². The first kappa shape index (κ1) is 9.86. The highest BCUT2D eigenvalue weighted by molar-refractivity contribution is 7.12. The quantitative estimate of drug-likeness (QED) is 0.832. The summed E-state index contributed by atoms with van der Waals surface area (Å²) in [7, 11) is 0. The van der Waals surface area contributed by atoms with Gasteiger partial charge in [0.05, 0.1) is 4.88 Å². The summed E-state index contributed by atoms with van der Waals surface area (Å²) in [6.45, 7) is 0. The molecule has 0 unspecified atom stereocenters. The maximum atomic E-state index is 12.9. The van der Waals surface area contributed by atoms with Gasteiger partial charge >= 0.3 is 0 Å². The van der Waals surface area contributed by atoms with E-state index in [4.69, 9.17) is 5.73 Å². The molecule has 2 rings (SSSR count). The van der Waals surface area contributed by atoms with E-state index in [0.29, 0.717) is 4.88 Å². The topological polar surface area (TPSA) is 43.1 Å². The van der Waals surface area contributed by atoms with Gasteiger partial charge in [0.2, 0.25) is 0 Å². The molecule has 2 N–H and O–H groups in total. The molecule has 0 radical (unpaired) electrons. The summed E-state index contributed by atoms with van der Waals surface area (Å²) in [5.41, 5.74) is 6.69. The second kappa shape index (κ2) is 3.82. The van der Waals surface area contributed by atoms with Gasteiger partial charge in [0.15, 0.2) is 0 Å². The van der Waals surface area contributed by atoms with Crippen molar-refractivity contribution in [3.8, 4) is 11.1 Å². The van der Waals surface area contributed by atoms with Crippen LogP contribution in [0.3, 0.4) is 0 Å². The zero-order valence-electron chi connectivity index (χ0n) is 7.74. The Hall–Kier alpha value is -1.68. The number of rotatable bonds is 2. The zero-order valence-corrected chi connectivity index (χ0v) is 8.55. The molecular weight excluding hydrogens is 213 g/mol. The third kappa shape index (κ3) is 2.05. The van der Waals surface area contributed by atoms with Gasteiger partial charge in [-0.2, -0.15) is 0 Å². The third-order valence-corrected chi connectivity index (χ3v) is 2.95. The molecule has 0 bridgehead atoms. The van der Waals surface area contributed by atoms with Crippen LogP contribution in [0.2, 0.25) is 0 Å². The van der Waals surface area contributed by atoms with E-state index in [1.54, 1.807) is 23.6 Å². The van der Waals surface area contributed by atoms with Gasteiger partial charge in [-0.05, 0) is 34.7 Å². The first-order valence-corrected chi connectivity index (χ1v) is 5.19. The highest BCUT2D eigenvalue weighted by Crippen LogP contribution is 2.25. The van der Waals surface area contributed by atoms with Crippen LogP contribution in [0.1, 0.15) is 9.67 Å². The minimum Gasteiger partial charge on any atom is -0.365 e. The first-order valence-electron chi connectivity index (χ1n) is 4.31. The maximum absolute atomic E-state index is 12.9. The fraction of sp³-hybridized carbons (Fsp3) is 0. The standard InChI is InChI=1S/C11H8FNOS/c12-9-3-1-2-7(4-9)8-5-10(11(13)14)15-6-8/h1-6H,(H2,13,14). The SMILES string of the molecule is NC(=O)c1cc(-c2cccc(F)c2)cs1. The molecule has 15 heavy (non-hydrogen) atoms. The number of halogens is 1. The number of benzene rings is 1. The lowest BCUT2D eigenvalue weighted by molar-refractivity contribution is 0.100. The summed E-state index contributed by atoms with van der Waals surface area (Å²) in [6.07, 6.45) is 0. The van der Waals surface area contributed by atoms with Crippen LogP contribution in [0.25, 0.3) is 11.1 Å². The average molecular weight is 221 g/mol. The molecule has 1 heterocycles. The predicted molar refractivity (Wildman–Crippen MR) is 58.2 cm³/mol. The molecule has 4 heteroatoms. The molecule has 0 aliphatic carbocycles. The minimum atomic E-state index is -0.456. The van der Waals surface area contributed by atoms with Crippen LogP contribution in [0.15, 0.2) is 35.7 Å². The van der Waals surface area contributed by atoms with Crippen molar-refractivity contribution in [2.75, 3.05) is 0 Å². The van der Waals surface area contributed by atoms with Gasteiger partial charge in [-0.15, -0.1) is 11.3 Å². The van der Waals surface area contributed by atoms with Gasteiger partial charge in [-0.1, -0.05) is 12.1 Å². The van der Waals surface area contributed by atoms with E-state index in [2.05, 4.69) is 0 Å². The smallest absolute Gasteiger partial charge is 0.258 e. The molecule has 0 atom stereocenters. The van der Waals surface area contributed by atoms with Crippen molar-refractivity contribution in [2.45, 2.75) is 0 Å². The number of thiophene rings is 1. The van der Waals surface area contributed by atoms with Crippen LogP contribution in [0.4, 0.5) is 4.39 Å². The average Bonchev–Trinajstić information content (AvgIpc) is 2.66. The van der Waals surface area contributed by atoms with Crippen LogP contribution in [-0.4, -0.2) is 5.91 Å². The Labute approximate surface area is 90.2 Å². The molecule has 2 nitrogen and oxygen atoms in total. The maximum Gasteiger partial charge on any atom is 0.258 e. The third-order valence-electron chi connectivity index (χ3n) is 2.00. The molecule has 0 aliphatic heterocycles. The van der Waals surface area contributed by atoms with Gasteiger partial charge in [-0.25, -0.2) is 4.39 Å². The molecule has 0 spiro atoms. The lowest BCUT2D eigenvalue weighted by Crippen LogP contribution is -2.08. The number of carbonyl (C=O) groups excluding carboxylic acids is 1. The Morgan fingerprint density at radius 3 is 2.67 bits per heavy atom. The fourth-order valence-electron chi connectivity index (χ4n) is 1.28. The number of carbonyl (C=O) groups is 1. The summed E-state index contributed by atoms with van der Waals surface area (Å²) < 4.78 is 12.9. The zero-order chi connectivity index (χ0) is 10.8. The van der Waals surface area contributed by atoms with Crippen LogP contribution in [0.5, 0.6) is 0 Å². The Balaban J connectivity index is 2.41. The van der Waals surface area contributed by atoms with Crippen molar-refractivity contribution in [3.05, 3.63) is 46.4 Å². The van der Waals surface area contributed by atoms with Crippen LogP contribution < -0.4 is 5.73 Å². The molecule has 76 valence electrons. The molecule has 1 aromatic carbocycles. The van der Waals surface area contributed by atoms with E-state index in [0.717, 1.165) is 11.1 Å². The van der Waals surface area contributed by atoms with E-state index in [1.165, 1.54) is 23.5 Å². The van der Waals surface area contributed by atoms with Crippen molar-refractivity contribution in [1.29, 1.82) is 0 Å². The Morgan fingerprint density at radius 1 is 1.27 bits per heavy atom. The normalized spacial score (nSPS) is 10.2. The van der Waals surface area contributed by atoms with Crippen molar-refractivity contribution in [3.63, 3.8) is 0 Å². The second-order valence-corrected chi connectivity index (χ2v) is 3.99. The Bertz CT molecular complexity index is 507. The summed E-state index contributed by atoms with van der Waals surface area (Å²) in [4.78, 5) is 11.4. The molecule has 0 saturated carbocycles. The number of amides is 1. The molecule has 0 saturated heterocycles. The summed E-state index contributed by atoms with van der Waals surface area (Å²) in [6, 6.07) is 7.89. The highest BCUT2D eigenvalue weighted by Gasteiger charge is 2.06. The molecule has 1 aromatic heterocycles. The molecule has 2 aromatic rings. The highest BCUT2D eigenvalue weighted by atomic mass is 32.1. The summed E-state index contributed by atoms with van der Waals surface area (Å²) in [5, 5.41) is 1.79. The van der Waals surface area contributed by atoms with E-state index in [1.807, 2.05) is 0 Å².